The van der Waals surface area contributed by atoms with Crippen LogP contribution < -0.4 is 4.90 Å². The summed E-state index contributed by atoms with van der Waals surface area (Å²) in [5, 5.41) is 0. The molecular weight excluding hydrogens is 395 g/mol. The maximum Gasteiger partial charge on any atom is 0.259 e. The molecule has 2 aromatic carbocycles. The van der Waals surface area contributed by atoms with Gasteiger partial charge in [0.2, 0.25) is 5.91 Å². The fourth-order valence-corrected chi connectivity index (χ4v) is 5.67. The van der Waals surface area contributed by atoms with Crippen LogP contribution >= 0.6 is 0 Å². The molecule has 2 aliphatic heterocycles. The number of carbonyl (C=O) groups excluding carboxylic acids is 2. The lowest BCUT2D eigenvalue weighted by Gasteiger charge is -2.54. The van der Waals surface area contributed by atoms with Crippen molar-refractivity contribution in [3.8, 4) is 0 Å². The summed E-state index contributed by atoms with van der Waals surface area (Å²) in [6, 6.07) is 13.8. The molecule has 5 rings (SSSR count). The predicted octanol–water partition coefficient (Wildman–Crippen LogP) is 4.13. The van der Waals surface area contributed by atoms with Crippen LogP contribution in [0.25, 0.3) is 0 Å². The molecule has 31 heavy (non-hydrogen) atoms. The topological polar surface area (TPSA) is 49.9 Å². The van der Waals surface area contributed by atoms with E-state index in [-0.39, 0.29) is 17.5 Å². The number of rotatable bonds is 2. The number of nitrogens with zero attached hydrogens (tertiary/aromatic N) is 2. The fourth-order valence-electron chi connectivity index (χ4n) is 5.67. The number of amides is 2. The lowest BCUT2D eigenvalue weighted by atomic mass is 9.65. The van der Waals surface area contributed by atoms with Crippen LogP contribution in [-0.2, 0) is 9.53 Å². The number of hydrogen-bond donors (Lipinski definition) is 0. The van der Waals surface area contributed by atoms with E-state index in [9.17, 15) is 9.59 Å². The van der Waals surface area contributed by atoms with Gasteiger partial charge >= 0.3 is 0 Å². The second-order valence-corrected chi connectivity index (χ2v) is 8.71. The summed E-state index contributed by atoms with van der Waals surface area (Å²) in [4.78, 5) is 31.3. The average molecular weight is 423 g/mol. The van der Waals surface area contributed by atoms with Crippen molar-refractivity contribution in [3.05, 3.63) is 65.5 Å². The Labute approximate surface area is 181 Å². The highest BCUT2D eigenvalue weighted by molar-refractivity contribution is 6.12. The molecule has 2 fully saturated rings. The van der Waals surface area contributed by atoms with Crippen LogP contribution in [0.3, 0.4) is 0 Å². The Kier molecular flexibility index (Phi) is 5.26. The Morgan fingerprint density at radius 3 is 2.39 bits per heavy atom. The highest BCUT2D eigenvalue weighted by atomic mass is 19.1. The molecule has 1 spiro atoms. The summed E-state index contributed by atoms with van der Waals surface area (Å²) >= 11 is 0. The van der Waals surface area contributed by atoms with Crippen molar-refractivity contribution >= 4 is 17.5 Å². The molecule has 2 amide bonds. The zero-order chi connectivity index (χ0) is 21.4. The smallest absolute Gasteiger partial charge is 0.259 e. The molecule has 1 saturated heterocycles. The highest BCUT2D eigenvalue weighted by Gasteiger charge is 2.56. The van der Waals surface area contributed by atoms with Gasteiger partial charge in [-0.3, -0.25) is 14.5 Å². The molecule has 1 saturated carbocycles. The quantitative estimate of drug-likeness (QED) is 0.731. The van der Waals surface area contributed by atoms with Crippen LogP contribution in [-0.4, -0.2) is 48.6 Å². The van der Waals surface area contributed by atoms with Gasteiger partial charge in [-0.05, 0) is 36.6 Å². The summed E-state index contributed by atoms with van der Waals surface area (Å²) in [5.41, 5.74) is 0.775. The molecule has 0 aromatic heterocycles. The van der Waals surface area contributed by atoms with Gasteiger partial charge in [0.25, 0.3) is 5.91 Å². The van der Waals surface area contributed by atoms with Gasteiger partial charge in [-0.25, -0.2) is 4.39 Å². The van der Waals surface area contributed by atoms with Crippen LogP contribution in [0, 0.1) is 5.82 Å². The van der Waals surface area contributed by atoms with Gasteiger partial charge in [0.05, 0.1) is 30.4 Å². The highest BCUT2D eigenvalue weighted by Crippen LogP contribution is 2.51. The Morgan fingerprint density at radius 2 is 1.65 bits per heavy atom. The Hall–Kier alpha value is -2.73. The van der Waals surface area contributed by atoms with Crippen LogP contribution in [0.1, 0.15) is 53.9 Å². The largest absolute Gasteiger partial charge is 0.378 e. The molecular formula is C25H27FN2O3. The number of morpholine rings is 1. The predicted molar refractivity (Wildman–Crippen MR) is 116 cm³/mol. The molecule has 5 nitrogen and oxygen atoms in total. The molecule has 0 radical (unpaired) electrons. The first-order valence-corrected chi connectivity index (χ1v) is 11.2. The van der Waals surface area contributed by atoms with Gasteiger partial charge in [0, 0.05) is 18.7 Å². The summed E-state index contributed by atoms with van der Waals surface area (Å²) < 4.78 is 20.5. The number of ether oxygens (including phenoxy) is 1. The maximum absolute atomic E-state index is 15.0. The van der Waals surface area contributed by atoms with Crippen LogP contribution in [0.4, 0.5) is 10.1 Å². The van der Waals surface area contributed by atoms with E-state index in [2.05, 4.69) is 0 Å². The minimum Gasteiger partial charge on any atom is -0.378 e. The van der Waals surface area contributed by atoms with Crippen LogP contribution in [0.15, 0.2) is 48.5 Å². The van der Waals surface area contributed by atoms with Crippen molar-refractivity contribution in [2.45, 2.75) is 43.6 Å². The number of hydrogen-bond acceptors (Lipinski definition) is 3. The Bertz CT molecular complexity index is 996. The number of anilines is 1. The zero-order valence-corrected chi connectivity index (χ0v) is 17.6. The van der Waals surface area contributed by atoms with Gasteiger partial charge < -0.3 is 9.64 Å². The van der Waals surface area contributed by atoms with Crippen LogP contribution in [0.5, 0.6) is 0 Å². The summed E-state index contributed by atoms with van der Waals surface area (Å²) in [5.74, 6) is -1.14. The minimum absolute atomic E-state index is 0.0199. The van der Waals surface area contributed by atoms with Crippen molar-refractivity contribution in [2.24, 2.45) is 0 Å². The number of carbonyl (C=O) groups is 2. The maximum atomic E-state index is 15.0. The molecule has 1 atom stereocenters. The number of para-hydroxylation sites is 1. The third kappa shape index (κ3) is 3.24. The van der Waals surface area contributed by atoms with Gasteiger partial charge in [-0.15, -0.1) is 0 Å². The normalized spacial score (nSPS) is 23.0. The van der Waals surface area contributed by atoms with Crippen molar-refractivity contribution in [1.29, 1.82) is 0 Å². The minimum atomic E-state index is -0.763. The molecule has 1 aliphatic carbocycles. The fraction of sp³-hybridized carbons (Fsp3) is 0.440. The van der Waals surface area contributed by atoms with Crippen molar-refractivity contribution in [3.63, 3.8) is 0 Å². The van der Waals surface area contributed by atoms with E-state index >= 15 is 4.39 Å². The molecule has 2 aromatic rings. The molecule has 1 unspecified atom stereocenters. The first-order chi connectivity index (χ1) is 15.1. The van der Waals surface area contributed by atoms with E-state index in [1.54, 1.807) is 29.2 Å². The second kappa shape index (κ2) is 8.08. The molecule has 3 aliphatic rings. The van der Waals surface area contributed by atoms with E-state index < -0.39 is 17.3 Å². The summed E-state index contributed by atoms with van der Waals surface area (Å²) in [6.45, 7) is 2.12. The van der Waals surface area contributed by atoms with Crippen molar-refractivity contribution < 1.29 is 18.7 Å². The molecule has 6 heteroatoms. The average Bonchev–Trinajstić information content (AvgIpc) is 2.81. The second-order valence-electron chi connectivity index (χ2n) is 8.71. The third-order valence-corrected chi connectivity index (χ3v) is 7.07. The van der Waals surface area contributed by atoms with Crippen molar-refractivity contribution in [1.82, 2.24) is 4.90 Å². The zero-order valence-electron chi connectivity index (χ0n) is 17.6. The lowest BCUT2D eigenvalue weighted by molar-refractivity contribution is -0.139. The number of benzene rings is 2. The molecule has 162 valence electrons. The van der Waals surface area contributed by atoms with Gasteiger partial charge in [-0.1, -0.05) is 49.6 Å². The number of halogens is 1. The monoisotopic (exact) mass is 422 g/mol. The summed E-state index contributed by atoms with van der Waals surface area (Å²) in [7, 11) is 0. The Balaban J connectivity index is 1.72. The SMILES string of the molecule is O=C(C1c2ccccc2C(=O)N(c2ccccc2F)C12CCCCC2)N1CCOCC1. The van der Waals surface area contributed by atoms with Crippen molar-refractivity contribution in [2.75, 3.05) is 31.2 Å². The van der Waals surface area contributed by atoms with E-state index in [4.69, 9.17) is 4.74 Å². The van der Waals surface area contributed by atoms with Crippen LogP contribution in [0.2, 0.25) is 0 Å². The lowest BCUT2D eigenvalue weighted by Crippen LogP contribution is -2.64. The molecule has 0 bridgehead atoms. The first-order valence-electron chi connectivity index (χ1n) is 11.2. The summed E-state index contributed by atoms with van der Waals surface area (Å²) in [6.07, 6.45) is 4.24. The van der Waals surface area contributed by atoms with E-state index in [0.717, 1.165) is 24.8 Å². The van der Waals surface area contributed by atoms with E-state index in [1.807, 2.05) is 23.1 Å². The first kappa shape index (κ1) is 20.2. The van der Waals surface area contributed by atoms with Gasteiger partial charge in [0.15, 0.2) is 0 Å². The molecule has 2 heterocycles. The van der Waals surface area contributed by atoms with Gasteiger partial charge in [-0.2, -0.15) is 0 Å². The Morgan fingerprint density at radius 1 is 0.968 bits per heavy atom. The van der Waals surface area contributed by atoms with Gasteiger partial charge in [0.1, 0.15) is 5.82 Å². The van der Waals surface area contributed by atoms with E-state index in [0.29, 0.717) is 44.7 Å². The number of fused-ring (bicyclic) bond motifs is 1. The standard InChI is InChI=1S/C25H27FN2O3/c26-20-10-4-5-11-21(20)28-23(29)19-9-3-2-8-18(19)22(25(28)12-6-1-7-13-25)24(30)27-14-16-31-17-15-27/h2-5,8-11,22H,1,6-7,12-17H2. The molecule has 0 N–H and O–H groups in total. The third-order valence-electron chi connectivity index (χ3n) is 7.07. The van der Waals surface area contributed by atoms with E-state index in [1.165, 1.54) is 6.07 Å².